The molecule has 2 aromatic carbocycles. The maximum atomic E-state index is 12.3. The Kier molecular flexibility index (Phi) is 8.31. The molecule has 1 heterocycles. The number of anilines is 3. The molecule has 178 valence electrons. The predicted octanol–water partition coefficient (Wildman–Crippen LogP) is 5.62. The lowest BCUT2D eigenvalue weighted by molar-refractivity contribution is 0.0635. The predicted molar refractivity (Wildman–Crippen MR) is 134 cm³/mol. The second kappa shape index (κ2) is 11.2. The number of hydrogen-bond donors (Lipinski definition) is 4. The molecule has 0 aliphatic rings. The van der Waals surface area contributed by atoms with Crippen molar-refractivity contribution in [3.05, 3.63) is 58.6 Å². The Morgan fingerprint density at radius 2 is 1.65 bits per heavy atom. The lowest BCUT2D eigenvalue weighted by atomic mass is 10.2. The Morgan fingerprint density at radius 3 is 2.26 bits per heavy atom. The lowest BCUT2D eigenvalue weighted by Crippen LogP contribution is -2.27. The molecule has 0 saturated carbocycles. The van der Waals surface area contributed by atoms with Crippen LogP contribution in [-0.4, -0.2) is 33.2 Å². The van der Waals surface area contributed by atoms with Gasteiger partial charge in [-0.15, -0.1) is 5.10 Å². The Bertz CT molecular complexity index is 1170. The molecule has 0 fully saturated rings. The smallest absolute Gasteiger partial charge is 0.412 e. The average Bonchev–Trinajstić information content (AvgIpc) is 3.26. The van der Waals surface area contributed by atoms with Crippen molar-refractivity contribution in [2.45, 2.75) is 31.3 Å². The van der Waals surface area contributed by atoms with Crippen LogP contribution in [0.1, 0.15) is 31.3 Å². The summed E-state index contributed by atoms with van der Waals surface area (Å²) in [6, 6.07) is 11.0. The number of rotatable bonds is 6. The molecule has 0 bridgehead atoms. The Hall–Kier alpha value is -3.35. The fourth-order valence-corrected chi connectivity index (χ4v) is 3.69. The fourth-order valence-electron chi connectivity index (χ4n) is 2.48. The van der Waals surface area contributed by atoms with Gasteiger partial charge in [0.2, 0.25) is 0 Å². The normalized spacial score (nSPS) is 10.8. The van der Waals surface area contributed by atoms with E-state index in [1.54, 1.807) is 62.5 Å². The number of amides is 4. The van der Waals surface area contributed by atoms with Gasteiger partial charge in [-0.05, 0) is 86.7 Å². The molecule has 0 saturated heterocycles. The zero-order chi connectivity index (χ0) is 24.7. The highest BCUT2D eigenvalue weighted by atomic mass is 35.5. The van der Waals surface area contributed by atoms with E-state index in [4.69, 9.17) is 16.3 Å². The van der Waals surface area contributed by atoms with Crippen LogP contribution in [0.2, 0.25) is 5.02 Å². The molecule has 10 nitrogen and oxygen atoms in total. The summed E-state index contributed by atoms with van der Waals surface area (Å²) in [5.74, 6) is -0.353. The standard InChI is InChI=1S/C21H21ClN6O4S2/c1-21(2,3)32-20(31)25-15-9-12(22)8-14(10-15)24-19(30)27-34-16-6-4-13(5-7-16)23-18(29)17-11-33-28-26-17/h4-11H,1-3H3,(H,23,29)(H,25,31)(H2,24,27,30). The Balaban J connectivity index is 1.51. The number of urea groups is 1. The minimum absolute atomic E-state index is 0.243. The summed E-state index contributed by atoms with van der Waals surface area (Å²) < 4.78 is 11.5. The van der Waals surface area contributed by atoms with Crippen molar-refractivity contribution in [1.82, 2.24) is 14.3 Å². The summed E-state index contributed by atoms with van der Waals surface area (Å²) in [6.07, 6.45) is -0.636. The molecule has 1 aromatic heterocycles. The summed E-state index contributed by atoms with van der Waals surface area (Å²) in [4.78, 5) is 37.0. The Morgan fingerprint density at radius 1 is 0.971 bits per heavy atom. The number of nitrogens with zero attached hydrogens (tertiary/aromatic N) is 2. The maximum Gasteiger partial charge on any atom is 0.412 e. The van der Waals surface area contributed by atoms with Gasteiger partial charge < -0.3 is 15.4 Å². The van der Waals surface area contributed by atoms with Crippen molar-refractivity contribution in [3.8, 4) is 0 Å². The summed E-state index contributed by atoms with van der Waals surface area (Å²) in [7, 11) is 0. The van der Waals surface area contributed by atoms with Crippen LogP contribution in [0.5, 0.6) is 0 Å². The number of carbonyl (C=O) groups excluding carboxylic acids is 3. The summed E-state index contributed by atoms with van der Waals surface area (Å²) in [6.45, 7) is 5.26. The molecule has 34 heavy (non-hydrogen) atoms. The van der Waals surface area contributed by atoms with E-state index in [1.807, 2.05) is 0 Å². The van der Waals surface area contributed by atoms with Crippen LogP contribution in [0.15, 0.2) is 52.7 Å². The molecule has 3 rings (SSSR count). The third-order valence-corrected chi connectivity index (χ3v) is 5.29. The monoisotopic (exact) mass is 520 g/mol. The molecule has 0 unspecified atom stereocenters. The number of carbonyl (C=O) groups is 3. The van der Waals surface area contributed by atoms with Crippen molar-refractivity contribution in [2.75, 3.05) is 16.0 Å². The van der Waals surface area contributed by atoms with Gasteiger partial charge in [-0.2, -0.15) is 0 Å². The molecule has 3 aromatic rings. The minimum Gasteiger partial charge on any atom is -0.444 e. The lowest BCUT2D eigenvalue weighted by Gasteiger charge is -2.20. The van der Waals surface area contributed by atoms with Crippen LogP contribution >= 0.6 is 35.1 Å². The first-order chi connectivity index (χ1) is 16.1. The third kappa shape index (κ3) is 8.21. The van der Waals surface area contributed by atoms with Crippen LogP contribution in [0.4, 0.5) is 26.7 Å². The van der Waals surface area contributed by atoms with Gasteiger partial charge in [-0.3, -0.25) is 14.8 Å². The zero-order valence-electron chi connectivity index (χ0n) is 18.3. The molecule has 0 spiro atoms. The van der Waals surface area contributed by atoms with Gasteiger partial charge in [0, 0.05) is 32.4 Å². The molecule has 13 heteroatoms. The summed E-state index contributed by atoms with van der Waals surface area (Å²) in [5, 5.41) is 13.5. The van der Waals surface area contributed by atoms with E-state index in [2.05, 4.69) is 30.3 Å². The molecule has 4 amide bonds. The van der Waals surface area contributed by atoms with Crippen LogP contribution in [0, 0.1) is 0 Å². The second-order valence-electron chi connectivity index (χ2n) is 7.78. The van der Waals surface area contributed by atoms with Gasteiger partial charge in [0.15, 0.2) is 5.69 Å². The average molecular weight is 521 g/mol. The first-order valence-corrected chi connectivity index (χ1v) is 11.8. The highest BCUT2D eigenvalue weighted by Crippen LogP contribution is 2.24. The van der Waals surface area contributed by atoms with E-state index in [1.165, 1.54) is 6.07 Å². The van der Waals surface area contributed by atoms with Crippen molar-refractivity contribution in [3.63, 3.8) is 0 Å². The largest absolute Gasteiger partial charge is 0.444 e. The van der Waals surface area contributed by atoms with Gasteiger partial charge in [-0.25, -0.2) is 9.59 Å². The van der Waals surface area contributed by atoms with Gasteiger partial charge in [-0.1, -0.05) is 16.1 Å². The van der Waals surface area contributed by atoms with Crippen LogP contribution in [0.3, 0.4) is 0 Å². The van der Waals surface area contributed by atoms with Crippen LogP contribution in [0.25, 0.3) is 0 Å². The first kappa shape index (κ1) is 25.3. The minimum atomic E-state index is -0.649. The van der Waals surface area contributed by atoms with Crippen LogP contribution < -0.4 is 20.7 Å². The van der Waals surface area contributed by atoms with Crippen molar-refractivity contribution in [1.29, 1.82) is 0 Å². The van der Waals surface area contributed by atoms with E-state index in [0.29, 0.717) is 22.1 Å². The molecule has 0 aliphatic carbocycles. The van der Waals surface area contributed by atoms with Gasteiger partial charge >= 0.3 is 12.1 Å². The van der Waals surface area contributed by atoms with Crippen LogP contribution in [-0.2, 0) is 4.74 Å². The van der Waals surface area contributed by atoms with E-state index >= 15 is 0 Å². The quantitative estimate of drug-likeness (QED) is 0.310. The highest BCUT2D eigenvalue weighted by Gasteiger charge is 2.17. The van der Waals surface area contributed by atoms with Gasteiger partial charge in [0.1, 0.15) is 5.60 Å². The molecule has 0 aliphatic heterocycles. The number of ether oxygens (including phenoxy) is 1. The third-order valence-electron chi connectivity index (χ3n) is 3.77. The van der Waals surface area contributed by atoms with Gasteiger partial charge in [0.05, 0.1) is 0 Å². The second-order valence-corrected chi connectivity index (χ2v) is 9.71. The van der Waals surface area contributed by atoms with E-state index < -0.39 is 17.7 Å². The van der Waals surface area contributed by atoms with E-state index in [9.17, 15) is 14.4 Å². The first-order valence-electron chi connectivity index (χ1n) is 9.80. The number of benzene rings is 2. The van der Waals surface area contributed by atoms with Crippen molar-refractivity contribution < 1.29 is 19.1 Å². The fraction of sp³-hybridized carbons (Fsp3) is 0.190. The maximum absolute atomic E-state index is 12.3. The topological polar surface area (TPSA) is 134 Å². The number of hydrogen-bond acceptors (Lipinski definition) is 8. The number of nitrogens with one attached hydrogen (secondary N) is 4. The summed E-state index contributed by atoms with van der Waals surface area (Å²) >= 11 is 8.27. The SMILES string of the molecule is CC(C)(C)OC(=O)Nc1cc(Cl)cc(NC(=O)NSc2ccc(NC(=O)c3csnn3)cc2)c1. The highest BCUT2D eigenvalue weighted by molar-refractivity contribution is 7.98. The van der Waals surface area contributed by atoms with E-state index in [0.717, 1.165) is 28.4 Å². The molecular weight excluding hydrogens is 500 g/mol. The Labute approximate surface area is 209 Å². The number of halogens is 1. The molecule has 0 radical (unpaired) electrons. The van der Waals surface area contributed by atoms with Gasteiger partial charge in [0.25, 0.3) is 5.91 Å². The molecular formula is C21H21ClN6O4S2. The summed E-state index contributed by atoms with van der Waals surface area (Å²) in [5.41, 5.74) is 0.925. The van der Waals surface area contributed by atoms with Crippen molar-refractivity contribution in [2.24, 2.45) is 0 Å². The van der Waals surface area contributed by atoms with E-state index in [-0.39, 0.29) is 11.6 Å². The molecule has 4 N–H and O–H groups in total. The molecule has 0 atom stereocenters. The van der Waals surface area contributed by atoms with Crippen molar-refractivity contribution >= 4 is 70.2 Å². The zero-order valence-corrected chi connectivity index (χ0v) is 20.7. The number of aromatic nitrogens is 2.